The highest BCUT2D eigenvalue weighted by atomic mass is 19.4. The number of hydrogen-bond donors (Lipinski definition) is 0. The second-order valence-corrected chi connectivity index (χ2v) is 10.4. The lowest BCUT2D eigenvalue weighted by Gasteiger charge is -2.34. The molecule has 6 nitrogen and oxygen atoms in total. The lowest BCUT2D eigenvalue weighted by atomic mass is 9.87. The summed E-state index contributed by atoms with van der Waals surface area (Å²) in [7, 11) is 0. The molecule has 1 aromatic heterocycles. The first-order valence-electron chi connectivity index (χ1n) is 13.7. The zero-order valence-corrected chi connectivity index (χ0v) is 23.5. The molecule has 3 aromatic carbocycles. The van der Waals surface area contributed by atoms with Crippen LogP contribution in [-0.2, 0) is 12.4 Å². The zero-order valence-electron chi connectivity index (χ0n) is 23.5. The number of benzene rings is 3. The normalized spacial score (nSPS) is 14.7. The molecule has 12 heteroatoms. The van der Waals surface area contributed by atoms with Crippen molar-refractivity contribution < 1.29 is 26.3 Å². The monoisotopic (exact) mass is 618 g/mol. The van der Waals surface area contributed by atoms with Crippen molar-refractivity contribution in [1.82, 2.24) is 14.9 Å². The van der Waals surface area contributed by atoms with Crippen molar-refractivity contribution in [3.63, 3.8) is 0 Å². The van der Waals surface area contributed by atoms with Gasteiger partial charge in [0.1, 0.15) is 0 Å². The highest BCUT2D eigenvalue weighted by Gasteiger charge is 2.37. The standard InChI is InChI=1S/C33H24F6N6/c34-32(35,36)28-17-27(18-29(19-28)33(37,38)39)30(6-9-44-10-12-45(13-11-44)31-42-7-1-8-43-31)25-4-2-24(3-5-25)26-15-22(20-40)14-23(16-26)21-41/h1-9,14-19,30H,10-13H2/b9-6+. The molecular formula is C33H24F6N6. The Morgan fingerprint density at radius 1 is 0.689 bits per heavy atom. The van der Waals surface area contributed by atoms with Gasteiger partial charge in [0.15, 0.2) is 0 Å². The zero-order chi connectivity index (χ0) is 32.2. The van der Waals surface area contributed by atoms with Crippen molar-refractivity contribution in [2.24, 2.45) is 0 Å². The van der Waals surface area contributed by atoms with Gasteiger partial charge in [-0.05, 0) is 70.9 Å². The molecular weight excluding hydrogens is 594 g/mol. The van der Waals surface area contributed by atoms with E-state index in [0.29, 0.717) is 48.8 Å². The van der Waals surface area contributed by atoms with Gasteiger partial charge < -0.3 is 9.80 Å². The number of hydrogen-bond acceptors (Lipinski definition) is 6. The van der Waals surface area contributed by atoms with E-state index < -0.39 is 29.4 Å². The summed E-state index contributed by atoms with van der Waals surface area (Å²) in [6.07, 6.45) is -3.41. The highest BCUT2D eigenvalue weighted by Crippen LogP contribution is 2.39. The molecule has 2 heterocycles. The molecule has 0 spiro atoms. The number of halogens is 6. The lowest BCUT2D eigenvalue weighted by Crippen LogP contribution is -2.44. The Morgan fingerprint density at radius 2 is 1.24 bits per heavy atom. The third-order valence-corrected chi connectivity index (χ3v) is 7.40. The Balaban J connectivity index is 1.51. The summed E-state index contributed by atoms with van der Waals surface area (Å²) in [4.78, 5) is 12.4. The third kappa shape index (κ3) is 7.42. The summed E-state index contributed by atoms with van der Waals surface area (Å²) >= 11 is 0. The smallest absolute Gasteiger partial charge is 0.374 e. The van der Waals surface area contributed by atoms with Crippen LogP contribution in [0.4, 0.5) is 32.3 Å². The van der Waals surface area contributed by atoms with Crippen LogP contribution in [0.2, 0.25) is 0 Å². The Labute approximate surface area is 255 Å². The largest absolute Gasteiger partial charge is 0.416 e. The maximum atomic E-state index is 13.8. The van der Waals surface area contributed by atoms with E-state index in [1.807, 2.05) is 21.9 Å². The molecule has 228 valence electrons. The van der Waals surface area contributed by atoms with Crippen LogP contribution in [0.5, 0.6) is 0 Å². The second kappa shape index (κ2) is 12.7. The van der Waals surface area contributed by atoms with Crippen molar-refractivity contribution in [3.8, 4) is 23.3 Å². The molecule has 4 aromatic rings. The summed E-state index contributed by atoms with van der Waals surface area (Å²) in [5.74, 6) is -0.386. The molecule has 0 N–H and O–H groups in total. The number of anilines is 1. The van der Waals surface area contributed by atoms with E-state index in [0.717, 1.165) is 12.1 Å². The summed E-state index contributed by atoms with van der Waals surface area (Å²) < 4.78 is 82.6. The predicted octanol–water partition coefficient (Wildman–Crippen LogP) is 7.39. The van der Waals surface area contributed by atoms with Gasteiger partial charge in [0, 0.05) is 44.5 Å². The number of aromatic nitrogens is 2. The van der Waals surface area contributed by atoms with Gasteiger partial charge in [0.05, 0.1) is 34.4 Å². The van der Waals surface area contributed by atoms with Crippen molar-refractivity contribution in [2.45, 2.75) is 18.3 Å². The van der Waals surface area contributed by atoms with Crippen LogP contribution in [0.15, 0.2) is 91.4 Å². The van der Waals surface area contributed by atoms with Gasteiger partial charge in [0.2, 0.25) is 5.95 Å². The van der Waals surface area contributed by atoms with Crippen LogP contribution in [-0.4, -0.2) is 41.0 Å². The average molecular weight is 619 g/mol. The first-order chi connectivity index (χ1) is 21.4. The number of piperazine rings is 1. The van der Waals surface area contributed by atoms with Crippen LogP contribution >= 0.6 is 0 Å². The first-order valence-corrected chi connectivity index (χ1v) is 13.7. The van der Waals surface area contributed by atoms with E-state index in [-0.39, 0.29) is 22.8 Å². The van der Waals surface area contributed by atoms with E-state index in [4.69, 9.17) is 0 Å². The number of nitrogens with zero attached hydrogens (tertiary/aromatic N) is 6. The SMILES string of the molecule is N#Cc1cc(C#N)cc(-c2ccc(C(/C=C/N3CCN(c4ncccn4)CC3)c3cc(C(F)(F)F)cc(C(F)(F)F)c3)cc2)c1. The summed E-state index contributed by atoms with van der Waals surface area (Å²) in [6.45, 7) is 2.21. The maximum Gasteiger partial charge on any atom is 0.416 e. The minimum atomic E-state index is -4.99. The van der Waals surface area contributed by atoms with E-state index >= 15 is 0 Å². The van der Waals surface area contributed by atoms with Gasteiger partial charge in [-0.3, -0.25) is 0 Å². The minimum Gasteiger partial charge on any atom is -0.374 e. The maximum absolute atomic E-state index is 13.8. The Bertz CT molecular complexity index is 1700. The van der Waals surface area contributed by atoms with Crippen molar-refractivity contribution in [2.75, 3.05) is 31.1 Å². The van der Waals surface area contributed by atoms with Gasteiger partial charge >= 0.3 is 12.4 Å². The van der Waals surface area contributed by atoms with Crippen LogP contribution in [0, 0.1) is 22.7 Å². The fraction of sp³-hybridized carbons (Fsp3) is 0.212. The van der Waals surface area contributed by atoms with Crippen molar-refractivity contribution in [1.29, 1.82) is 10.5 Å². The molecule has 45 heavy (non-hydrogen) atoms. The predicted molar refractivity (Wildman–Crippen MR) is 155 cm³/mol. The van der Waals surface area contributed by atoms with Gasteiger partial charge in [0.25, 0.3) is 0 Å². The summed E-state index contributed by atoms with van der Waals surface area (Å²) in [5, 5.41) is 18.7. The topological polar surface area (TPSA) is 79.8 Å². The van der Waals surface area contributed by atoms with Crippen LogP contribution in [0.1, 0.15) is 39.3 Å². The van der Waals surface area contributed by atoms with Gasteiger partial charge in [-0.1, -0.05) is 30.3 Å². The lowest BCUT2D eigenvalue weighted by molar-refractivity contribution is -0.143. The van der Waals surface area contributed by atoms with E-state index in [1.54, 1.807) is 67.1 Å². The fourth-order valence-corrected chi connectivity index (χ4v) is 5.11. The van der Waals surface area contributed by atoms with Crippen molar-refractivity contribution >= 4 is 5.95 Å². The Hall–Kier alpha value is -5.36. The van der Waals surface area contributed by atoms with Gasteiger partial charge in [-0.15, -0.1) is 0 Å². The molecule has 1 fully saturated rings. The molecule has 0 bridgehead atoms. The third-order valence-electron chi connectivity index (χ3n) is 7.40. The highest BCUT2D eigenvalue weighted by molar-refractivity contribution is 5.68. The van der Waals surface area contributed by atoms with Crippen molar-refractivity contribution in [3.05, 3.63) is 125 Å². The van der Waals surface area contributed by atoms with E-state index in [2.05, 4.69) is 9.97 Å². The van der Waals surface area contributed by atoms with Crippen LogP contribution in [0.3, 0.4) is 0 Å². The molecule has 0 amide bonds. The molecule has 1 atom stereocenters. The summed E-state index contributed by atoms with van der Waals surface area (Å²) in [5.41, 5.74) is -0.760. The van der Waals surface area contributed by atoms with Gasteiger partial charge in [-0.2, -0.15) is 36.9 Å². The molecule has 0 aliphatic carbocycles. The minimum absolute atomic E-state index is 0.118. The molecule has 1 aliphatic rings. The fourth-order valence-electron chi connectivity index (χ4n) is 5.11. The second-order valence-electron chi connectivity index (χ2n) is 10.4. The molecule has 0 radical (unpaired) electrons. The molecule has 0 saturated carbocycles. The summed E-state index contributed by atoms with van der Waals surface area (Å²) in [6, 6.07) is 18.5. The van der Waals surface area contributed by atoms with Gasteiger partial charge in [-0.25, -0.2) is 9.97 Å². The number of rotatable bonds is 6. The molecule has 1 unspecified atom stereocenters. The number of alkyl halides is 6. The van der Waals surface area contributed by atoms with E-state index in [9.17, 15) is 36.9 Å². The number of allylic oxidation sites excluding steroid dienone is 1. The number of nitriles is 2. The van der Waals surface area contributed by atoms with E-state index in [1.165, 1.54) is 6.07 Å². The molecule has 1 aliphatic heterocycles. The molecule has 5 rings (SSSR count). The van der Waals surface area contributed by atoms with Crippen LogP contribution in [0.25, 0.3) is 11.1 Å². The molecule has 1 saturated heterocycles. The Morgan fingerprint density at radius 3 is 1.76 bits per heavy atom. The first kappa shape index (κ1) is 31.1. The average Bonchev–Trinajstić information content (AvgIpc) is 3.04. The Kier molecular flexibility index (Phi) is 8.77. The van der Waals surface area contributed by atoms with Crippen LogP contribution < -0.4 is 4.90 Å². The quantitative estimate of drug-likeness (QED) is 0.210.